The maximum Gasteiger partial charge on any atom is 0.310 e. The van der Waals surface area contributed by atoms with Gasteiger partial charge in [-0.25, -0.2) is 0 Å². The SMILES string of the molecule is C[C@@H]1O[C@@H](O[C@H]2[C@H](O[C@H]3CC[C@@]4(C)C(CC[C@]5(C)[C@@H]4CC=C4[C@H]6CC(C)(C)CC[C@]6(C(=O)O)CC[C@]45C)C3(C)C)OC[C@H](O[C@@H]3O[C@@H](C)[C@H](O)[C@@H](O)[C@H]3O)[C@@H]2O[C@H]2OC[C@@H](O)[C@H](O)[C@H]2O)[C@H](O)[C@H](O)[C@H]1O. The Hall–Kier alpha value is -1.47. The first-order valence-corrected chi connectivity index (χ1v) is 26.3. The Balaban J connectivity index is 1.02. The molecule has 406 valence electrons. The normalized spacial score (nSPS) is 54.9. The number of aliphatic hydroxyl groups excluding tert-OH is 9. The molecule has 1 unspecified atom stereocenters. The number of hydrogen-bond donors (Lipinski definition) is 10. The van der Waals surface area contributed by atoms with Crippen LogP contribution in [0, 0.1) is 50.2 Å². The van der Waals surface area contributed by atoms with E-state index in [0.29, 0.717) is 25.2 Å². The molecule has 0 aromatic rings. The number of aliphatic hydroxyl groups is 9. The van der Waals surface area contributed by atoms with Gasteiger partial charge in [0.05, 0.1) is 36.9 Å². The van der Waals surface area contributed by atoms with E-state index < -0.39 is 140 Å². The van der Waals surface area contributed by atoms with E-state index in [1.165, 1.54) is 19.4 Å². The lowest BCUT2D eigenvalue weighted by molar-refractivity contribution is -0.398. The second kappa shape index (κ2) is 19.2. The first-order chi connectivity index (χ1) is 33.1. The lowest BCUT2D eigenvalue weighted by Crippen LogP contribution is -2.67. The van der Waals surface area contributed by atoms with Crippen molar-refractivity contribution in [2.75, 3.05) is 13.2 Å². The molecule has 10 N–H and O–H groups in total. The molecule has 0 aromatic carbocycles. The topological polar surface area (TPSA) is 293 Å². The molecule has 0 radical (unpaired) electrons. The van der Waals surface area contributed by atoms with Crippen molar-refractivity contribution >= 4 is 5.97 Å². The Morgan fingerprint density at radius 1 is 0.592 bits per heavy atom. The molecule has 5 aliphatic carbocycles. The van der Waals surface area contributed by atoms with Gasteiger partial charge in [-0.1, -0.05) is 60.1 Å². The molecule has 19 heteroatoms. The Labute approximate surface area is 417 Å². The van der Waals surface area contributed by atoms with E-state index >= 15 is 0 Å². The zero-order valence-electron chi connectivity index (χ0n) is 42.9. The van der Waals surface area contributed by atoms with Gasteiger partial charge in [-0.15, -0.1) is 0 Å². The molecule has 9 rings (SSSR count). The number of rotatable bonds is 9. The maximum atomic E-state index is 13.2. The molecular formula is C52H84O19. The van der Waals surface area contributed by atoms with E-state index in [2.05, 4.69) is 54.5 Å². The van der Waals surface area contributed by atoms with Crippen molar-refractivity contribution in [2.24, 2.45) is 50.2 Å². The molecular weight excluding hydrogens is 929 g/mol. The number of fused-ring (bicyclic) bond motifs is 7. The number of carboxylic acids is 1. The van der Waals surface area contributed by atoms with Gasteiger partial charge in [0.1, 0.15) is 73.2 Å². The molecule has 9 aliphatic rings. The van der Waals surface area contributed by atoms with Gasteiger partial charge >= 0.3 is 5.97 Å². The number of aliphatic carboxylic acids is 1. The maximum absolute atomic E-state index is 13.2. The quantitative estimate of drug-likeness (QED) is 0.117. The standard InChI is InChI=1S/C52H84O19/c1-23-32(54)35(57)38(60)43(66-23)68-28-22-65-45(41(71-44-39(61)36(58)33(55)24(2)67-44)40(28)70-42-37(59)34(56)27(53)21-64-42)69-31-13-14-49(7)29(48(31,5)6)12-15-51(9)30(49)11-10-25-26-20-47(3,4)16-18-52(26,46(62)63)19-17-50(25,51)8/h10,23-24,26-45,53-61H,11-22H2,1-9H3,(H,62,63)/t23-,24-,26+,27+,28-,29?,30+,31-,32-,33-,34-,35+,36+,37+,38+,39+,40-,41+,42+,43-,44-,45-,49-,50+,51+,52-/m0/s1. The predicted molar refractivity (Wildman–Crippen MR) is 248 cm³/mol. The predicted octanol–water partition coefficient (Wildman–Crippen LogP) is 1.86. The largest absolute Gasteiger partial charge is 0.481 e. The number of hydrogen-bond acceptors (Lipinski definition) is 18. The van der Waals surface area contributed by atoms with Crippen LogP contribution in [0.4, 0.5) is 0 Å². The van der Waals surface area contributed by atoms with Crippen LogP contribution >= 0.6 is 0 Å². The van der Waals surface area contributed by atoms with Gasteiger partial charge in [-0.3, -0.25) is 4.79 Å². The summed E-state index contributed by atoms with van der Waals surface area (Å²) < 4.78 is 50.4. The summed E-state index contributed by atoms with van der Waals surface area (Å²) in [6.45, 7) is 18.6. The van der Waals surface area contributed by atoms with E-state index in [9.17, 15) is 55.9 Å². The van der Waals surface area contributed by atoms with Crippen LogP contribution < -0.4 is 0 Å². The zero-order chi connectivity index (χ0) is 51.7. The van der Waals surface area contributed by atoms with Crippen molar-refractivity contribution < 1.29 is 93.8 Å². The van der Waals surface area contributed by atoms with Gasteiger partial charge < -0.3 is 89.0 Å². The van der Waals surface area contributed by atoms with Gasteiger partial charge in [-0.05, 0) is 123 Å². The third-order valence-corrected chi connectivity index (χ3v) is 20.6. The average molecular weight is 1010 g/mol. The first kappa shape index (κ1) is 54.3. The van der Waals surface area contributed by atoms with E-state index in [0.717, 1.165) is 44.9 Å². The fourth-order valence-corrected chi connectivity index (χ4v) is 15.9. The summed E-state index contributed by atoms with van der Waals surface area (Å²) in [6, 6.07) is 0. The Morgan fingerprint density at radius 3 is 1.80 bits per heavy atom. The molecule has 0 amide bonds. The van der Waals surface area contributed by atoms with Crippen molar-refractivity contribution in [3.63, 3.8) is 0 Å². The molecule has 4 saturated heterocycles. The van der Waals surface area contributed by atoms with E-state index in [4.69, 9.17) is 37.9 Å². The third kappa shape index (κ3) is 8.81. The summed E-state index contributed by atoms with van der Waals surface area (Å²) in [4.78, 5) is 13.2. The van der Waals surface area contributed by atoms with Crippen LogP contribution in [0.5, 0.6) is 0 Å². The Kier molecular flexibility index (Phi) is 14.7. The summed E-state index contributed by atoms with van der Waals surface area (Å²) >= 11 is 0. The van der Waals surface area contributed by atoms with Crippen LogP contribution in [0.25, 0.3) is 0 Å². The number of allylic oxidation sites excluding steroid dienone is 2. The van der Waals surface area contributed by atoms with Crippen LogP contribution in [0.3, 0.4) is 0 Å². The minimum atomic E-state index is -1.79. The van der Waals surface area contributed by atoms with Gasteiger partial charge in [-0.2, -0.15) is 0 Å². The van der Waals surface area contributed by atoms with Crippen LogP contribution in [0.1, 0.15) is 127 Å². The molecule has 26 atom stereocenters. The van der Waals surface area contributed by atoms with Gasteiger partial charge in [0.25, 0.3) is 0 Å². The Bertz CT molecular complexity index is 1970. The van der Waals surface area contributed by atoms with Crippen LogP contribution in [-0.2, 0) is 42.7 Å². The van der Waals surface area contributed by atoms with E-state index in [-0.39, 0.29) is 40.1 Å². The van der Waals surface area contributed by atoms with Crippen LogP contribution in [0.15, 0.2) is 11.6 Å². The highest BCUT2D eigenvalue weighted by molar-refractivity contribution is 5.76. The molecule has 19 nitrogen and oxygen atoms in total. The van der Waals surface area contributed by atoms with Crippen molar-refractivity contribution in [2.45, 2.75) is 243 Å². The second-order valence-electron chi connectivity index (χ2n) is 25.4. The smallest absolute Gasteiger partial charge is 0.310 e. The highest BCUT2D eigenvalue weighted by Crippen LogP contribution is 2.76. The molecule has 0 spiro atoms. The van der Waals surface area contributed by atoms with Gasteiger partial charge in [0.15, 0.2) is 25.2 Å². The number of carboxylic acid groups (broad SMARTS) is 1. The van der Waals surface area contributed by atoms with Crippen molar-refractivity contribution in [3.8, 4) is 0 Å². The summed E-state index contributed by atoms with van der Waals surface area (Å²) in [6.07, 6.45) is -16.9. The molecule has 4 saturated carbocycles. The van der Waals surface area contributed by atoms with Crippen molar-refractivity contribution in [1.29, 1.82) is 0 Å². The fraction of sp³-hybridized carbons (Fsp3) is 0.942. The zero-order valence-corrected chi connectivity index (χ0v) is 42.9. The lowest BCUT2D eigenvalue weighted by Gasteiger charge is -2.71. The van der Waals surface area contributed by atoms with Crippen molar-refractivity contribution in [3.05, 3.63) is 11.6 Å². The third-order valence-electron chi connectivity index (χ3n) is 20.6. The van der Waals surface area contributed by atoms with Crippen molar-refractivity contribution in [1.82, 2.24) is 0 Å². The minimum absolute atomic E-state index is 0.000535. The highest BCUT2D eigenvalue weighted by atomic mass is 16.8. The summed E-state index contributed by atoms with van der Waals surface area (Å²) in [5, 5.41) is 108. The molecule has 0 bridgehead atoms. The van der Waals surface area contributed by atoms with E-state index in [1.54, 1.807) is 0 Å². The molecule has 71 heavy (non-hydrogen) atoms. The first-order valence-electron chi connectivity index (χ1n) is 26.3. The highest BCUT2D eigenvalue weighted by Gasteiger charge is 2.70. The van der Waals surface area contributed by atoms with Crippen LogP contribution in [0.2, 0.25) is 0 Å². The molecule has 4 heterocycles. The summed E-state index contributed by atoms with van der Waals surface area (Å²) in [5.74, 6) is -0.184. The minimum Gasteiger partial charge on any atom is -0.481 e. The molecule has 0 aromatic heterocycles. The molecule has 8 fully saturated rings. The molecule has 4 aliphatic heterocycles. The van der Waals surface area contributed by atoms with Gasteiger partial charge in [0.2, 0.25) is 0 Å². The Morgan fingerprint density at radius 2 is 1.17 bits per heavy atom. The van der Waals surface area contributed by atoms with E-state index in [1.807, 2.05) is 0 Å². The fourth-order valence-electron chi connectivity index (χ4n) is 15.9. The lowest BCUT2D eigenvalue weighted by atomic mass is 9.33. The van der Waals surface area contributed by atoms with Crippen LogP contribution in [-0.4, -0.2) is 187 Å². The monoisotopic (exact) mass is 1010 g/mol. The number of ether oxygens (including phenoxy) is 8. The summed E-state index contributed by atoms with van der Waals surface area (Å²) in [5.41, 5.74) is -0.186. The van der Waals surface area contributed by atoms with Gasteiger partial charge in [0, 0.05) is 0 Å². The number of carbonyl (C=O) groups is 1. The average Bonchev–Trinajstić information content (AvgIpc) is 3.30. The second-order valence-corrected chi connectivity index (χ2v) is 25.4. The summed E-state index contributed by atoms with van der Waals surface area (Å²) in [7, 11) is 0.